The topological polar surface area (TPSA) is 90.3 Å². The Labute approximate surface area is 168 Å². The molecule has 3 aromatic rings. The van der Waals surface area contributed by atoms with E-state index in [9.17, 15) is 14.4 Å². The fourth-order valence-corrected chi connectivity index (χ4v) is 2.95. The van der Waals surface area contributed by atoms with Crippen LogP contribution < -0.4 is 10.7 Å². The number of hydrogen-bond donors (Lipinski definition) is 1. The number of rotatable bonds is 6. The SMILES string of the molecule is COC(=O)[C@@H](Cc1ccccc1)NC(=O)c1nn(-c2ccccc2)c(C)cc1=O. The summed E-state index contributed by atoms with van der Waals surface area (Å²) in [6.07, 6.45) is 0.234. The van der Waals surface area contributed by atoms with E-state index in [2.05, 4.69) is 10.4 Å². The summed E-state index contributed by atoms with van der Waals surface area (Å²) in [6, 6.07) is 18.8. The molecule has 2 aromatic carbocycles. The third-order valence-corrected chi connectivity index (χ3v) is 4.40. The lowest BCUT2D eigenvalue weighted by Crippen LogP contribution is -2.45. The highest BCUT2D eigenvalue weighted by atomic mass is 16.5. The molecule has 0 spiro atoms. The number of aryl methyl sites for hydroxylation is 1. The summed E-state index contributed by atoms with van der Waals surface area (Å²) in [5, 5.41) is 6.81. The van der Waals surface area contributed by atoms with E-state index in [-0.39, 0.29) is 12.1 Å². The van der Waals surface area contributed by atoms with E-state index in [1.807, 2.05) is 60.7 Å². The Bertz CT molecular complexity index is 1060. The van der Waals surface area contributed by atoms with Crippen LogP contribution in [0, 0.1) is 6.92 Å². The number of carbonyl (C=O) groups excluding carboxylic acids is 2. The minimum Gasteiger partial charge on any atom is -0.467 e. The molecule has 0 radical (unpaired) electrons. The molecule has 0 aliphatic heterocycles. The third kappa shape index (κ3) is 4.76. The number of nitrogens with zero attached hydrogens (tertiary/aromatic N) is 2. The lowest BCUT2D eigenvalue weighted by Gasteiger charge is -2.17. The number of amides is 1. The summed E-state index contributed by atoms with van der Waals surface area (Å²) in [5.41, 5.74) is 1.35. The summed E-state index contributed by atoms with van der Waals surface area (Å²) in [5.74, 6) is -1.33. The molecule has 29 heavy (non-hydrogen) atoms. The smallest absolute Gasteiger partial charge is 0.328 e. The van der Waals surface area contributed by atoms with Gasteiger partial charge in [0.2, 0.25) is 5.43 Å². The van der Waals surface area contributed by atoms with Crippen molar-refractivity contribution in [3.05, 3.63) is 93.9 Å². The van der Waals surface area contributed by atoms with Crippen LogP contribution in [0.4, 0.5) is 0 Å². The predicted octanol–water partition coefficient (Wildman–Crippen LogP) is 2.06. The van der Waals surface area contributed by atoms with Gasteiger partial charge in [-0.1, -0.05) is 48.5 Å². The van der Waals surface area contributed by atoms with Crippen molar-refractivity contribution in [2.24, 2.45) is 0 Å². The molecule has 1 aromatic heterocycles. The van der Waals surface area contributed by atoms with Gasteiger partial charge in [-0.2, -0.15) is 5.10 Å². The van der Waals surface area contributed by atoms with E-state index in [4.69, 9.17) is 4.74 Å². The number of ether oxygens (including phenoxy) is 1. The van der Waals surface area contributed by atoms with E-state index >= 15 is 0 Å². The number of aromatic nitrogens is 2. The Balaban J connectivity index is 1.90. The molecule has 0 saturated carbocycles. The second-order valence-electron chi connectivity index (χ2n) is 6.48. The minimum absolute atomic E-state index is 0.234. The van der Waals surface area contributed by atoms with Gasteiger partial charge < -0.3 is 10.1 Å². The Hall–Kier alpha value is -3.74. The molecule has 1 heterocycles. The van der Waals surface area contributed by atoms with Gasteiger partial charge in [0.15, 0.2) is 5.69 Å². The first-order chi connectivity index (χ1) is 14.0. The zero-order chi connectivity index (χ0) is 20.8. The van der Waals surface area contributed by atoms with E-state index in [0.29, 0.717) is 11.4 Å². The lowest BCUT2D eigenvalue weighted by molar-refractivity contribution is -0.142. The average molecular weight is 391 g/mol. The van der Waals surface area contributed by atoms with Gasteiger partial charge in [0.25, 0.3) is 5.91 Å². The molecular weight excluding hydrogens is 370 g/mol. The number of benzene rings is 2. The average Bonchev–Trinajstić information content (AvgIpc) is 2.74. The first kappa shape index (κ1) is 20.0. The van der Waals surface area contributed by atoms with Crippen LogP contribution >= 0.6 is 0 Å². The number of nitrogens with one attached hydrogen (secondary N) is 1. The molecule has 0 fully saturated rings. The summed E-state index contributed by atoms with van der Waals surface area (Å²) < 4.78 is 6.32. The molecule has 148 valence electrons. The van der Waals surface area contributed by atoms with Crippen molar-refractivity contribution in [3.63, 3.8) is 0 Å². The van der Waals surface area contributed by atoms with Crippen molar-refractivity contribution >= 4 is 11.9 Å². The van der Waals surface area contributed by atoms with Gasteiger partial charge in [0, 0.05) is 18.2 Å². The van der Waals surface area contributed by atoms with Crippen LogP contribution in [0.25, 0.3) is 5.69 Å². The van der Waals surface area contributed by atoms with Crippen LogP contribution in [0.5, 0.6) is 0 Å². The highest BCUT2D eigenvalue weighted by Crippen LogP contribution is 2.09. The first-order valence-corrected chi connectivity index (χ1v) is 9.08. The molecular formula is C22H21N3O4. The lowest BCUT2D eigenvalue weighted by atomic mass is 10.1. The molecule has 0 bridgehead atoms. The molecule has 1 amide bonds. The van der Waals surface area contributed by atoms with Crippen molar-refractivity contribution in [2.75, 3.05) is 7.11 Å². The first-order valence-electron chi connectivity index (χ1n) is 9.08. The van der Waals surface area contributed by atoms with Gasteiger partial charge in [-0.25, -0.2) is 9.48 Å². The van der Waals surface area contributed by atoms with Gasteiger partial charge in [-0.15, -0.1) is 0 Å². The maximum atomic E-state index is 12.8. The summed E-state index contributed by atoms with van der Waals surface area (Å²) in [7, 11) is 1.25. The van der Waals surface area contributed by atoms with Crippen molar-refractivity contribution in [3.8, 4) is 5.69 Å². The zero-order valence-corrected chi connectivity index (χ0v) is 16.2. The number of esters is 1. The Morgan fingerprint density at radius 1 is 1.07 bits per heavy atom. The van der Waals surface area contributed by atoms with Crippen LogP contribution in [-0.4, -0.2) is 34.8 Å². The molecule has 1 N–H and O–H groups in total. The van der Waals surface area contributed by atoms with Crippen LogP contribution in [0.2, 0.25) is 0 Å². The van der Waals surface area contributed by atoms with Crippen molar-refractivity contribution in [1.29, 1.82) is 0 Å². The maximum Gasteiger partial charge on any atom is 0.328 e. The minimum atomic E-state index is -0.942. The summed E-state index contributed by atoms with van der Waals surface area (Å²) >= 11 is 0. The standard InChI is InChI=1S/C22H21N3O4/c1-15-13-19(26)20(24-25(15)17-11-7-4-8-12-17)21(27)23-18(22(28)29-2)14-16-9-5-3-6-10-16/h3-13,18H,14H2,1-2H3,(H,23,27)/t18-/m1/s1. The Kier molecular flexibility index (Phi) is 6.19. The van der Waals surface area contributed by atoms with Crippen LogP contribution in [0.15, 0.2) is 71.5 Å². The fraction of sp³-hybridized carbons (Fsp3) is 0.182. The van der Waals surface area contributed by atoms with Gasteiger partial charge in [-0.3, -0.25) is 9.59 Å². The van der Waals surface area contributed by atoms with Crippen LogP contribution in [-0.2, 0) is 16.0 Å². The fourth-order valence-electron chi connectivity index (χ4n) is 2.95. The van der Waals surface area contributed by atoms with Gasteiger partial charge in [0.05, 0.1) is 12.8 Å². The molecule has 7 nitrogen and oxygen atoms in total. The molecule has 0 unspecified atom stereocenters. The van der Waals surface area contributed by atoms with E-state index in [0.717, 1.165) is 5.56 Å². The highest BCUT2D eigenvalue weighted by Gasteiger charge is 2.25. The van der Waals surface area contributed by atoms with E-state index in [1.54, 1.807) is 6.92 Å². The second-order valence-corrected chi connectivity index (χ2v) is 6.48. The zero-order valence-electron chi connectivity index (χ0n) is 16.2. The molecule has 3 rings (SSSR count). The van der Waals surface area contributed by atoms with Crippen molar-refractivity contribution in [2.45, 2.75) is 19.4 Å². The Morgan fingerprint density at radius 3 is 2.31 bits per heavy atom. The molecule has 0 aliphatic rings. The molecule has 0 aliphatic carbocycles. The van der Waals surface area contributed by atoms with Crippen molar-refractivity contribution in [1.82, 2.24) is 15.1 Å². The summed E-state index contributed by atoms with van der Waals surface area (Å²) in [4.78, 5) is 37.3. The van der Waals surface area contributed by atoms with E-state index < -0.39 is 23.3 Å². The van der Waals surface area contributed by atoms with Gasteiger partial charge >= 0.3 is 5.97 Å². The number of hydrogen-bond acceptors (Lipinski definition) is 5. The molecule has 7 heteroatoms. The number of carbonyl (C=O) groups is 2. The molecule has 1 atom stereocenters. The largest absolute Gasteiger partial charge is 0.467 e. The third-order valence-electron chi connectivity index (χ3n) is 4.40. The van der Waals surface area contributed by atoms with Gasteiger partial charge in [0.1, 0.15) is 6.04 Å². The number of para-hydroxylation sites is 1. The quantitative estimate of drug-likeness (QED) is 0.650. The van der Waals surface area contributed by atoms with Gasteiger partial charge in [-0.05, 0) is 24.6 Å². The normalized spacial score (nSPS) is 11.5. The van der Waals surface area contributed by atoms with Crippen LogP contribution in [0.1, 0.15) is 21.7 Å². The molecule has 0 saturated heterocycles. The monoisotopic (exact) mass is 391 g/mol. The van der Waals surface area contributed by atoms with Crippen LogP contribution in [0.3, 0.4) is 0 Å². The summed E-state index contributed by atoms with van der Waals surface area (Å²) in [6.45, 7) is 1.73. The highest BCUT2D eigenvalue weighted by molar-refractivity contribution is 5.95. The van der Waals surface area contributed by atoms with E-state index in [1.165, 1.54) is 17.9 Å². The van der Waals surface area contributed by atoms with Crippen molar-refractivity contribution < 1.29 is 14.3 Å². The maximum absolute atomic E-state index is 12.8. The number of methoxy groups -OCH3 is 1. The Morgan fingerprint density at radius 2 is 1.69 bits per heavy atom. The second kappa shape index (κ2) is 8.97. The predicted molar refractivity (Wildman–Crippen MR) is 108 cm³/mol.